The van der Waals surface area contributed by atoms with Crippen molar-refractivity contribution >= 4 is 29.1 Å². The normalized spacial score (nSPS) is 14.3. The summed E-state index contributed by atoms with van der Waals surface area (Å²) >= 11 is 0. The number of aromatic nitrogens is 1. The highest BCUT2D eigenvalue weighted by molar-refractivity contribution is 5.97. The van der Waals surface area contributed by atoms with E-state index in [1.54, 1.807) is 6.92 Å². The number of nitrogens with one attached hydrogen (secondary N) is 2. The lowest BCUT2D eigenvalue weighted by Gasteiger charge is -2.13. The molecule has 1 aromatic heterocycles. The van der Waals surface area contributed by atoms with Crippen molar-refractivity contribution in [3.8, 4) is 0 Å². The van der Waals surface area contributed by atoms with Crippen molar-refractivity contribution in [3.63, 3.8) is 0 Å². The first-order valence-electron chi connectivity index (χ1n) is 8.33. The minimum Gasteiger partial charge on any atom is -0.449 e. The molecular weight excluding hydrogens is 356 g/mol. The molecule has 0 saturated heterocycles. The molecular formula is C17H18N4O6. The van der Waals surface area contributed by atoms with Crippen LogP contribution >= 0.6 is 0 Å². The minimum atomic E-state index is -1.13. The van der Waals surface area contributed by atoms with E-state index in [1.165, 1.54) is 25.1 Å². The van der Waals surface area contributed by atoms with Gasteiger partial charge in [-0.25, -0.2) is 4.79 Å². The molecule has 27 heavy (non-hydrogen) atoms. The van der Waals surface area contributed by atoms with Crippen molar-refractivity contribution in [1.82, 2.24) is 5.16 Å². The van der Waals surface area contributed by atoms with Gasteiger partial charge in [0, 0.05) is 18.2 Å². The third kappa shape index (κ3) is 4.60. The molecule has 1 aliphatic rings. The molecule has 0 radical (unpaired) electrons. The van der Waals surface area contributed by atoms with Gasteiger partial charge in [-0.2, -0.15) is 0 Å². The first kappa shape index (κ1) is 18.4. The Balaban J connectivity index is 1.66. The summed E-state index contributed by atoms with van der Waals surface area (Å²) in [5.41, 5.74) is 0.123. The number of carbonyl (C=O) groups is 2. The predicted octanol–water partition coefficient (Wildman–Crippen LogP) is 2.65. The van der Waals surface area contributed by atoms with Crippen LogP contribution in [0, 0.1) is 17.0 Å². The number of benzene rings is 1. The number of nitrogens with zero attached hydrogens (tertiary/aromatic N) is 2. The highest BCUT2D eigenvalue weighted by Crippen LogP contribution is 2.31. The number of anilines is 2. The summed E-state index contributed by atoms with van der Waals surface area (Å²) in [6.07, 6.45) is 0.787. The van der Waals surface area contributed by atoms with E-state index < -0.39 is 22.9 Å². The number of rotatable bonds is 7. The summed E-state index contributed by atoms with van der Waals surface area (Å²) in [5, 5.41) is 20.4. The highest BCUT2D eigenvalue weighted by atomic mass is 16.6. The van der Waals surface area contributed by atoms with Gasteiger partial charge in [-0.1, -0.05) is 5.16 Å². The van der Waals surface area contributed by atoms with E-state index in [2.05, 4.69) is 15.8 Å². The fourth-order valence-electron chi connectivity index (χ4n) is 2.31. The molecule has 2 N–H and O–H groups in total. The molecule has 1 unspecified atom stereocenters. The van der Waals surface area contributed by atoms with Crippen molar-refractivity contribution in [2.75, 3.05) is 10.6 Å². The van der Waals surface area contributed by atoms with Gasteiger partial charge in [-0.15, -0.1) is 0 Å². The third-order valence-corrected chi connectivity index (χ3v) is 3.90. The summed E-state index contributed by atoms with van der Waals surface area (Å²) in [6, 6.07) is 5.77. The summed E-state index contributed by atoms with van der Waals surface area (Å²) < 4.78 is 9.92. The lowest BCUT2D eigenvalue weighted by Crippen LogP contribution is -2.30. The Bertz CT molecular complexity index is 889. The quantitative estimate of drug-likeness (QED) is 0.429. The molecule has 1 atom stereocenters. The summed E-state index contributed by atoms with van der Waals surface area (Å²) in [7, 11) is 0. The van der Waals surface area contributed by atoms with Gasteiger partial charge in [0.2, 0.25) is 0 Å². The Morgan fingerprint density at radius 3 is 2.70 bits per heavy atom. The Labute approximate surface area is 154 Å². The monoisotopic (exact) mass is 374 g/mol. The zero-order chi connectivity index (χ0) is 19.6. The third-order valence-electron chi connectivity index (χ3n) is 3.90. The number of hydrogen-bond donors (Lipinski definition) is 2. The molecule has 142 valence electrons. The number of hydrogen-bond acceptors (Lipinski definition) is 8. The van der Waals surface area contributed by atoms with Gasteiger partial charge in [0.05, 0.1) is 10.5 Å². The van der Waals surface area contributed by atoms with Gasteiger partial charge in [-0.3, -0.25) is 14.9 Å². The van der Waals surface area contributed by atoms with Gasteiger partial charge in [-0.05, 0) is 38.8 Å². The molecule has 1 fully saturated rings. The van der Waals surface area contributed by atoms with Crippen LogP contribution in [-0.2, 0) is 9.53 Å². The number of nitro benzene ring substituents is 1. The van der Waals surface area contributed by atoms with E-state index >= 15 is 0 Å². The SMILES string of the molecule is Cc1cc(NC(=O)C(C)OC(=O)c2ccc(NC3CC3)c([N+](=O)[O-])c2)no1. The standard InChI is InChI=1S/C17H18N4O6/c1-9-7-15(20-27-9)19-16(22)10(2)26-17(23)11-3-6-13(18-12-4-5-12)14(8-11)21(24)25/h3,6-8,10,12,18H,4-5H2,1-2H3,(H,19,20,22). The van der Waals surface area contributed by atoms with Gasteiger partial charge in [0.15, 0.2) is 11.9 Å². The average molecular weight is 374 g/mol. The number of ether oxygens (including phenoxy) is 1. The average Bonchev–Trinajstić information content (AvgIpc) is 3.34. The van der Waals surface area contributed by atoms with Crippen LogP contribution in [0.15, 0.2) is 28.8 Å². The molecule has 10 nitrogen and oxygen atoms in total. The Morgan fingerprint density at radius 2 is 2.11 bits per heavy atom. The van der Waals surface area contributed by atoms with Crippen LogP contribution in [0.4, 0.5) is 17.2 Å². The summed E-state index contributed by atoms with van der Waals surface area (Å²) in [5.74, 6) is -0.720. The molecule has 1 aliphatic carbocycles. The van der Waals surface area contributed by atoms with Crippen LogP contribution in [0.1, 0.15) is 35.9 Å². The Morgan fingerprint density at radius 1 is 1.37 bits per heavy atom. The first-order chi connectivity index (χ1) is 12.8. The van der Waals surface area contributed by atoms with E-state index in [0.29, 0.717) is 11.4 Å². The maximum Gasteiger partial charge on any atom is 0.339 e. The van der Waals surface area contributed by atoms with E-state index in [1.807, 2.05) is 0 Å². The maximum atomic E-state index is 12.3. The second-order valence-electron chi connectivity index (χ2n) is 6.27. The van der Waals surface area contributed by atoms with Crippen LogP contribution in [0.25, 0.3) is 0 Å². The molecule has 3 rings (SSSR count). The van der Waals surface area contributed by atoms with E-state index in [-0.39, 0.29) is 23.1 Å². The van der Waals surface area contributed by atoms with Crippen molar-refractivity contribution in [2.24, 2.45) is 0 Å². The second kappa shape index (κ2) is 7.44. The zero-order valence-electron chi connectivity index (χ0n) is 14.7. The van der Waals surface area contributed by atoms with E-state index in [0.717, 1.165) is 18.9 Å². The van der Waals surface area contributed by atoms with Crippen molar-refractivity contribution in [1.29, 1.82) is 0 Å². The van der Waals surface area contributed by atoms with Crippen LogP contribution in [0.3, 0.4) is 0 Å². The largest absolute Gasteiger partial charge is 0.449 e. The lowest BCUT2D eigenvalue weighted by molar-refractivity contribution is -0.384. The topological polar surface area (TPSA) is 137 Å². The fraction of sp³-hybridized carbons (Fsp3) is 0.353. The zero-order valence-corrected chi connectivity index (χ0v) is 14.7. The lowest BCUT2D eigenvalue weighted by atomic mass is 10.1. The number of carbonyl (C=O) groups excluding carboxylic acids is 2. The highest BCUT2D eigenvalue weighted by Gasteiger charge is 2.27. The summed E-state index contributed by atoms with van der Waals surface area (Å²) in [4.78, 5) is 35.0. The fourth-order valence-corrected chi connectivity index (χ4v) is 2.31. The molecule has 1 saturated carbocycles. The van der Waals surface area contributed by atoms with Gasteiger partial charge < -0.3 is 19.9 Å². The van der Waals surface area contributed by atoms with Crippen molar-refractivity contribution < 1.29 is 23.8 Å². The molecule has 1 amide bonds. The molecule has 2 aromatic rings. The minimum absolute atomic E-state index is 0.0139. The molecule has 1 aromatic carbocycles. The van der Waals surface area contributed by atoms with Crippen LogP contribution < -0.4 is 10.6 Å². The molecule has 0 bridgehead atoms. The molecule has 10 heteroatoms. The smallest absolute Gasteiger partial charge is 0.339 e. The van der Waals surface area contributed by atoms with Crippen LogP contribution in [-0.4, -0.2) is 34.1 Å². The summed E-state index contributed by atoms with van der Waals surface area (Å²) in [6.45, 7) is 3.05. The number of esters is 1. The first-order valence-corrected chi connectivity index (χ1v) is 8.33. The van der Waals surface area contributed by atoms with Gasteiger partial charge in [0.25, 0.3) is 11.6 Å². The van der Waals surface area contributed by atoms with Crippen molar-refractivity contribution in [2.45, 2.75) is 38.8 Å². The van der Waals surface area contributed by atoms with Crippen LogP contribution in [0.2, 0.25) is 0 Å². The van der Waals surface area contributed by atoms with E-state index in [4.69, 9.17) is 9.26 Å². The number of aryl methyl sites for hydroxylation is 1. The Kier molecular flexibility index (Phi) is 5.06. The van der Waals surface area contributed by atoms with Gasteiger partial charge >= 0.3 is 5.97 Å². The van der Waals surface area contributed by atoms with Gasteiger partial charge in [0.1, 0.15) is 11.4 Å². The molecule has 1 heterocycles. The molecule has 0 spiro atoms. The maximum absolute atomic E-state index is 12.3. The van der Waals surface area contributed by atoms with E-state index in [9.17, 15) is 19.7 Å². The molecule has 0 aliphatic heterocycles. The predicted molar refractivity (Wildman–Crippen MR) is 94.5 cm³/mol. The Hall–Kier alpha value is -3.43. The second-order valence-corrected chi connectivity index (χ2v) is 6.27. The number of nitro groups is 1. The van der Waals surface area contributed by atoms with Crippen molar-refractivity contribution in [3.05, 3.63) is 45.7 Å². The van der Waals surface area contributed by atoms with Crippen LogP contribution in [0.5, 0.6) is 0 Å². The number of amides is 1.